The third-order valence-electron chi connectivity index (χ3n) is 9.56. The molecule has 1 aromatic heterocycles. The van der Waals surface area contributed by atoms with Crippen molar-refractivity contribution in [2.75, 3.05) is 20.1 Å². The molecule has 1 spiro atoms. The first kappa shape index (κ1) is 35.0. The number of carbonyl (C=O) groups excluding carboxylic acids is 3. The molecule has 11 heteroatoms. The van der Waals surface area contributed by atoms with Crippen molar-refractivity contribution >= 4 is 48.0 Å². The Kier molecular flexibility index (Phi) is 12.5. The quantitative estimate of drug-likeness (QED) is 0.216. The van der Waals surface area contributed by atoms with E-state index in [0.29, 0.717) is 28.7 Å². The van der Waals surface area contributed by atoms with Gasteiger partial charge in [-0.25, -0.2) is 0 Å². The zero-order valence-corrected chi connectivity index (χ0v) is 28.0. The van der Waals surface area contributed by atoms with E-state index in [4.69, 9.17) is 15.5 Å². The minimum absolute atomic E-state index is 0.211. The lowest BCUT2D eigenvalue weighted by Gasteiger charge is -2.22. The molecule has 244 valence electrons. The summed E-state index contributed by atoms with van der Waals surface area (Å²) in [7, 11) is -0.426. The third-order valence-corrected chi connectivity index (χ3v) is 11.3. The van der Waals surface area contributed by atoms with E-state index in [1.165, 1.54) is 62.5 Å². The Labute approximate surface area is 271 Å². The van der Waals surface area contributed by atoms with Gasteiger partial charge in [-0.05, 0) is 86.2 Å². The molecular formula is C34H47N4O5PS. The molecule has 3 aromatic rings. The molecule has 2 unspecified atom stereocenters. The Morgan fingerprint density at radius 3 is 2.40 bits per heavy atom. The van der Waals surface area contributed by atoms with E-state index >= 15 is 0 Å². The smallest absolute Gasteiger partial charge is 0.258 e. The van der Waals surface area contributed by atoms with Crippen LogP contribution < -0.4 is 11.5 Å². The number of amides is 3. The van der Waals surface area contributed by atoms with Gasteiger partial charge >= 0.3 is 0 Å². The molecule has 3 atom stereocenters. The number of carbonyl (C=O) groups is 3. The maximum atomic E-state index is 11.4. The van der Waals surface area contributed by atoms with E-state index in [1.54, 1.807) is 6.07 Å². The summed E-state index contributed by atoms with van der Waals surface area (Å²) in [6.07, 6.45) is 10.6. The molecule has 4 heterocycles. The molecule has 4 fully saturated rings. The monoisotopic (exact) mass is 654 g/mol. The number of rotatable bonds is 5. The molecular weight excluding hydrogens is 607 g/mol. The van der Waals surface area contributed by atoms with Gasteiger partial charge in [-0.3, -0.25) is 14.4 Å². The number of fused-ring (bicyclic) bond motifs is 2. The number of nitrogens with two attached hydrogens (primary N) is 2. The topological polar surface area (TPSA) is 150 Å². The first-order chi connectivity index (χ1) is 21.7. The molecule has 3 saturated heterocycles. The van der Waals surface area contributed by atoms with Gasteiger partial charge < -0.3 is 31.1 Å². The van der Waals surface area contributed by atoms with Crippen LogP contribution in [0.5, 0.6) is 0 Å². The number of nitrogens with zero attached hydrogens (tertiary/aromatic N) is 2. The van der Waals surface area contributed by atoms with Crippen LogP contribution in [0, 0.1) is 5.92 Å². The molecule has 45 heavy (non-hydrogen) atoms. The Hall–Kier alpha value is -2.88. The predicted molar refractivity (Wildman–Crippen MR) is 182 cm³/mol. The van der Waals surface area contributed by atoms with Crippen LogP contribution in [0.1, 0.15) is 85.0 Å². The van der Waals surface area contributed by atoms with E-state index < -0.39 is 14.3 Å². The summed E-state index contributed by atoms with van der Waals surface area (Å²) in [5, 5.41) is 0.910. The van der Waals surface area contributed by atoms with Gasteiger partial charge in [0.15, 0.2) is 8.38 Å². The zero-order valence-electron chi connectivity index (χ0n) is 26.3. The van der Waals surface area contributed by atoms with Gasteiger partial charge in [-0.15, -0.1) is 11.3 Å². The van der Waals surface area contributed by atoms with Gasteiger partial charge in [-0.2, -0.15) is 0 Å². The Morgan fingerprint density at radius 1 is 1.07 bits per heavy atom. The molecule has 6 N–H and O–H groups in total. The Bertz CT molecular complexity index is 1430. The van der Waals surface area contributed by atoms with Crippen molar-refractivity contribution in [2.24, 2.45) is 17.4 Å². The minimum atomic E-state index is -1.93. The third kappa shape index (κ3) is 8.48. The largest absolute Gasteiger partial charge is 0.365 e. The molecule has 0 radical (unpaired) electrons. The maximum Gasteiger partial charge on any atom is 0.258 e. The average molecular weight is 655 g/mol. The van der Waals surface area contributed by atoms with Gasteiger partial charge in [0.2, 0.25) is 12.3 Å². The van der Waals surface area contributed by atoms with Crippen LogP contribution in [0.4, 0.5) is 0 Å². The van der Waals surface area contributed by atoms with Crippen molar-refractivity contribution in [3.63, 3.8) is 0 Å². The second kappa shape index (κ2) is 16.1. The lowest BCUT2D eigenvalue weighted by Crippen LogP contribution is -2.33. The number of benzene rings is 2. The molecule has 9 nitrogen and oxygen atoms in total. The number of primary amides is 1. The van der Waals surface area contributed by atoms with Crippen LogP contribution in [0.25, 0.3) is 10.1 Å². The van der Waals surface area contributed by atoms with Crippen LogP contribution in [-0.4, -0.2) is 69.5 Å². The fourth-order valence-corrected chi connectivity index (χ4v) is 8.46. The van der Waals surface area contributed by atoms with E-state index in [0.717, 1.165) is 48.0 Å². The second-order valence-electron chi connectivity index (χ2n) is 12.2. The highest BCUT2D eigenvalue weighted by atomic mass is 32.1. The fourth-order valence-electron chi connectivity index (χ4n) is 7.04. The standard InChI is InChI=1S/C14H17NO.C10H10NO3PS.C9H15NO.CH5N/c1-11-13(12-5-3-2-4-6-12)9-15(10-16)14(11)7-8-14;11-10(12)9-4-7-3-6(5-15(13)14)1-2-8(7)16-9;11-9-6-2-1-4-8-5-3-7-10(8)9;1-2/h2-6,10-11,13H,7-9H2,1H3;1-4,13-14H,5H2,(H2,11,12);8H,1-7H2;2H2,1H3/t11-,13?;;;/m1.../s1. The van der Waals surface area contributed by atoms with Crippen molar-refractivity contribution in [3.8, 4) is 0 Å². The summed E-state index contributed by atoms with van der Waals surface area (Å²) in [6, 6.07) is 18.5. The minimum Gasteiger partial charge on any atom is -0.365 e. The first-order valence-corrected chi connectivity index (χ1v) is 18.1. The average Bonchev–Trinajstić information content (AvgIpc) is 3.44. The van der Waals surface area contributed by atoms with Crippen LogP contribution in [0.3, 0.4) is 0 Å². The molecule has 4 aliphatic rings. The maximum absolute atomic E-state index is 11.4. The molecule has 7 rings (SSSR count). The predicted octanol–water partition coefficient (Wildman–Crippen LogP) is 5.33. The number of hydrogen-bond donors (Lipinski definition) is 4. The van der Waals surface area contributed by atoms with Gasteiger partial charge in [0, 0.05) is 47.9 Å². The van der Waals surface area contributed by atoms with Crippen molar-refractivity contribution in [1.29, 1.82) is 0 Å². The van der Waals surface area contributed by atoms with Crippen LogP contribution in [0.15, 0.2) is 54.6 Å². The summed E-state index contributed by atoms with van der Waals surface area (Å²) in [4.78, 5) is 56.0. The lowest BCUT2D eigenvalue weighted by atomic mass is 9.85. The van der Waals surface area contributed by atoms with E-state index in [1.807, 2.05) is 29.2 Å². The van der Waals surface area contributed by atoms with Crippen molar-refractivity contribution < 1.29 is 24.2 Å². The zero-order chi connectivity index (χ0) is 32.6. The van der Waals surface area contributed by atoms with E-state index in [9.17, 15) is 14.4 Å². The Morgan fingerprint density at radius 2 is 1.78 bits per heavy atom. The Balaban J connectivity index is 0.000000152. The summed E-state index contributed by atoms with van der Waals surface area (Å²) >= 11 is 1.34. The molecule has 1 aliphatic carbocycles. The summed E-state index contributed by atoms with van der Waals surface area (Å²) in [6.45, 7) is 4.23. The second-order valence-corrected chi connectivity index (χ2v) is 14.3. The molecule has 3 amide bonds. The van der Waals surface area contributed by atoms with Crippen LogP contribution in [0.2, 0.25) is 0 Å². The van der Waals surface area contributed by atoms with Crippen LogP contribution >= 0.6 is 19.7 Å². The highest BCUT2D eigenvalue weighted by molar-refractivity contribution is 7.44. The van der Waals surface area contributed by atoms with E-state index in [-0.39, 0.29) is 11.7 Å². The van der Waals surface area contributed by atoms with Gasteiger partial charge in [0.25, 0.3) is 5.91 Å². The SMILES string of the molecule is CN.C[C@@H]1C(c2ccccc2)CN(C=O)C12CC2.NC(=O)c1cc2cc(CP(O)O)ccc2s1.O=C1CCCCC2CCCN12. The molecule has 0 bridgehead atoms. The summed E-state index contributed by atoms with van der Waals surface area (Å²) in [5.41, 5.74) is 12.1. The van der Waals surface area contributed by atoms with Crippen molar-refractivity contribution in [2.45, 2.75) is 82.0 Å². The van der Waals surface area contributed by atoms with Crippen molar-refractivity contribution in [3.05, 3.63) is 70.6 Å². The highest BCUT2D eigenvalue weighted by Gasteiger charge is 2.59. The van der Waals surface area contributed by atoms with Crippen LogP contribution in [-0.2, 0) is 15.8 Å². The van der Waals surface area contributed by atoms with Crippen molar-refractivity contribution in [1.82, 2.24) is 9.80 Å². The molecule has 3 aliphatic heterocycles. The van der Waals surface area contributed by atoms with Gasteiger partial charge in [0.1, 0.15) is 0 Å². The highest BCUT2D eigenvalue weighted by Crippen LogP contribution is 2.56. The summed E-state index contributed by atoms with van der Waals surface area (Å²) < 4.78 is 0.970. The van der Waals surface area contributed by atoms with E-state index in [2.05, 4.69) is 41.8 Å². The molecule has 2 aromatic carbocycles. The first-order valence-electron chi connectivity index (χ1n) is 15.8. The number of hydrogen-bond acceptors (Lipinski definition) is 7. The summed E-state index contributed by atoms with van der Waals surface area (Å²) in [5.74, 6) is 1.09. The van der Waals surface area contributed by atoms with Gasteiger partial charge in [0.05, 0.1) is 4.88 Å². The fraction of sp³-hybridized carbons (Fsp3) is 0.500. The lowest BCUT2D eigenvalue weighted by molar-refractivity contribution is -0.131. The number of thiophene rings is 1. The number of likely N-dealkylation sites (tertiary alicyclic amines) is 1. The van der Waals surface area contributed by atoms with Gasteiger partial charge in [-0.1, -0.05) is 49.7 Å². The molecule has 1 saturated carbocycles. The normalized spacial score (nSPS) is 22.8.